The number of rotatable bonds is 8. The molecular weight excluding hydrogens is 861 g/mol. The maximum atomic E-state index is 12.2. The molecule has 0 saturated heterocycles. The van der Waals surface area contributed by atoms with E-state index >= 15 is 0 Å². The van der Waals surface area contributed by atoms with Gasteiger partial charge in [0.1, 0.15) is 12.1 Å². The molecule has 0 unspecified atom stereocenters. The number of aryl methyl sites for hydroxylation is 1. The van der Waals surface area contributed by atoms with Crippen molar-refractivity contribution < 1.29 is 30.0 Å². The summed E-state index contributed by atoms with van der Waals surface area (Å²) in [4.78, 5) is 22.0. The van der Waals surface area contributed by atoms with Gasteiger partial charge >= 0.3 is 0 Å². The van der Waals surface area contributed by atoms with Gasteiger partial charge in [0.2, 0.25) is 0 Å². The Hall–Kier alpha value is -2.92. The van der Waals surface area contributed by atoms with Crippen LogP contribution in [0.5, 0.6) is 0 Å². The summed E-state index contributed by atoms with van der Waals surface area (Å²) >= 11 is 1.86. The van der Waals surface area contributed by atoms with Gasteiger partial charge in [-0.05, 0) is 78.4 Å². The Kier molecular flexibility index (Phi) is 12.9. The first-order chi connectivity index (χ1) is 24.7. The number of hydrogen-bond acceptors (Lipinski definition) is 5. The summed E-state index contributed by atoms with van der Waals surface area (Å²) < 4.78 is 2.53. The zero-order chi connectivity index (χ0) is 39.3. The monoisotopic (exact) mass is 924 g/mol. The standard InChI is InChI=1S/C33H35N2S.C15H28O2.Ir/c1-19-15-24-26(33(7,8)14-13-32(24,5)6)25-28-30(36-29(19)25)27(34-18-35-28)21-16-20-11-9-10-12-22(20)23(17-21)31(2,3)4;1-7-14(5,8-2)12(16)11-13(17)15(6,9-3)10-4;/h9-12,15,17-18H,13-14H2,1-8H3;11,16H,7-10H2,1-6H3;/q-1;;/b;12-11-;. The fraction of sp³-hybridized carbons (Fsp3) is 0.521. The fourth-order valence-electron chi connectivity index (χ4n) is 7.88. The molecule has 293 valence electrons. The van der Waals surface area contributed by atoms with Crippen LogP contribution >= 0.6 is 11.3 Å². The van der Waals surface area contributed by atoms with Gasteiger partial charge in [-0.2, -0.15) is 0 Å². The first-order valence-corrected chi connectivity index (χ1v) is 20.6. The minimum atomic E-state index is -0.337. The van der Waals surface area contributed by atoms with E-state index in [1.807, 2.05) is 52.9 Å². The number of hydrogen-bond donors (Lipinski definition) is 1. The van der Waals surface area contributed by atoms with E-state index in [0.717, 1.165) is 47.8 Å². The van der Waals surface area contributed by atoms with Gasteiger partial charge in [0.25, 0.3) is 0 Å². The van der Waals surface area contributed by atoms with E-state index in [1.165, 1.54) is 61.3 Å². The predicted molar refractivity (Wildman–Crippen MR) is 229 cm³/mol. The van der Waals surface area contributed by atoms with Crippen molar-refractivity contribution in [3.05, 3.63) is 82.9 Å². The summed E-state index contributed by atoms with van der Waals surface area (Å²) in [6.07, 6.45) is 8.92. The third-order valence-corrected chi connectivity index (χ3v) is 14.3. The van der Waals surface area contributed by atoms with Crippen molar-refractivity contribution in [2.75, 3.05) is 0 Å². The van der Waals surface area contributed by atoms with Crippen LogP contribution in [0.15, 0.2) is 54.6 Å². The van der Waals surface area contributed by atoms with Crippen molar-refractivity contribution >= 4 is 48.2 Å². The van der Waals surface area contributed by atoms with Gasteiger partial charge < -0.3 is 5.11 Å². The first-order valence-electron chi connectivity index (χ1n) is 19.8. The van der Waals surface area contributed by atoms with Gasteiger partial charge in [-0.3, -0.25) is 9.78 Å². The van der Waals surface area contributed by atoms with Gasteiger partial charge in [0, 0.05) is 57.5 Å². The number of carbonyl (C=O) groups is 1. The van der Waals surface area contributed by atoms with E-state index in [1.54, 1.807) is 6.33 Å². The fourth-order valence-corrected chi connectivity index (χ4v) is 9.12. The molecule has 0 saturated carbocycles. The molecule has 1 aliphatic carbocycles. The molecule has 0 atom stereocenters. The molecule has 0 amide bonds. The van der Waals surface area contributed by atoms with Crippen LogP contribution in [0.2, 0.25) is 0 Å². The smallest absolute Gasteiger partial charge is 0.164 e. The molecular formula is C48H63IrN2O2S-. The summed E-state index contributed by atoms with van der Waals surface area (Å²) in [5, 5.41) is 13.9. The van der Waals surface area contributed by atoms with Crippen LogP contribution in [0.3, 0.4) is 0 Å². The molecule has 0 fully saturated rings. The van der Waals surface area contributed by atoms with Crippen LogP contribution in [0, 0.1) is 23.8 Å². The Morgan fingerprint density at radius 1 is 0.870 bits per heavy atom. The van der Waals surface area contributed by atoms with E-state index in [9.17, 15) is 9.90 Å². The number of fused-ring (bicyclic) bond motifs is 6. The van der Waals surface area contributed by atoms with E-state index in [-0.39, 0.29) is 58.7 Å². The number of thiophene rings is 1. The summed E-state index contributed by atoms with van der Waals surface area (Å²) in [5.41, 5.74) is 8.52. The minimum absolute atomic E-state index is 0. The Labute approximate surface area is 343 Å². The molecule has 3 aromatic carbocycles. The minimum Gasteiger partial charge on any atom is -0.512 e. The molecule has 1 N–H and O–H groups in total. The molecule has 54 heavy (non-hydrogen) atoms. The maximum absolute atomic E-state index is 12.2. The molecule has 0 aliphatic heterocycles. The third-order valence-electron chi connectivity index (χ3n) is 12.9. The molecule has 0 spiro atoms. The van der Waals surface area contributed by atoms with Gasteiger partial charge in [-0.25, -0.2) is 4.98 Å². The Bertz CT molecular complexity index is 2190. The second kappa shape index (κ2) is 15.9. The van der Waals surface area contributed by atoms with Gasteiger partial charge in [-0.1, -0.05) is 125 Å². The molecule has 2 aromatic heterocycles. The second-order valence-electron chi connectivity index (χ2n) is 18.4. The van der Waals surface area contributed by atoms with Crippen LogP contribution in [0.4, 0.5) is 0 Å². The number of aliphatic hydroxyl groups excluding tert-OH is 1. The van der Waals surface area contributed by atoms with Crippen molar-refractivity contribution in [3.8, 4) is 11.3 Å². The summed E-state index contributed by atoms with van der Waals surface area (Å²) in [6.45, 7) is 30.8. The van der Waals surface area contributed by atoms with E-state index in [2.05, 4.69) is 97.9 Å². The number of allylic oxidation sites excluding steroid dienone is 2. The van der Waals surface area contributed by atoms with Crippen LogP contribution in [-0.2, 0) is 41.1 Å². The largest absolute Gasteiger partial charge is 0.512 e. The Morgan fingerprint density at radius 2 is 1.46 bits per heavy atom. The number of nitrogens with zero attached hydrogens (tertiary/aromatic N) is 2. The molecule has 1 radical (unpaired) electrons. The Balaban J connectivity index is 0.000000309. The number of aliphatic hydroxyl groups is 1. The van der Waals surface area contributed by atoms with Crippen molar-refractivity contribution in [2.24, 2.45) is 10.8 Å². The van der Waals surface area contributed by atoms with E-state index in [4.69, 9.17) is 9.97 Å². The second-order valence-corrected chi connectivity index (χ2v) is 19.4. The average Bonchev–Trinajstić information content (AvgIpc) is 3.52. The third kappa shape index (κ3) is 8.00. The Morgan fingerprint density at radius 3 is 2.06 bits per heavy atom. The normalized spacial score (nSPS) is 15.8. The van der Waals surface area contributed by atoms with Crippen LogP contribution in [0.25, 0.3) is 42.3 Å². The molecule has 2 heterocycles. The van der Waals surface area contributed by atoms with Gasteiger partial charge in [0.15, 0.2) is 5.78 Å². The zero-order valence-electron chi connectivity index (χ0n) is 35.4. The van der Waals surface area contributed by atoms with Gasteiger partial charge in [-0.15, -0.1) is 40.5 Å². The number of aromatic nitrogens is 2. The van der Waals surface area contributed by atoms with Crippen molar-refractivity contribution in [2.45, 2.75) is 152 Å². The van der Waals surface area contributed by atoms with Crippen LogP contribution in [0.1, 0.15) is 151 Å². The number of benzene rings is 3. The summed E-state index contributed by atoms with van der Waals surface area (Å²) in [6, 6.07) is 17.1. The molecule has 5 aromatic rings. The topological polar surface area (TPSA) is 63.1 Å². The number of ketones is 1. The molecule has 4 nitrogen and oxygen atoms in total. The maximum Gasteiger partial charge on any atom is 0.164 e. The van der Waals surface area contributed by atoms with Gasteiger partial charge in [0.05, 0.1) is 5.52 Å². The molecule has 1 aliphatic rings. The van der Waals surface area contributed by atoms with Crippen LogP contribution < -0.4 is 0 Å². The SMILES string of the molecule is CCC(C)(CC)C(=O)/C=C(\O)C(C)(CC)CC.Cc1cc2c(c3c1sc1c(-c4[c-]c5ccccc5c(C(C)(C)C)c4)ncnc13)C(C)(C)CCC2(C)C.[Ir]. The molecule has 6 rings (SSSR count). The number of carbonyl (C=O) groups excluding carboxylic acids is 1. The van der Waals surface area contributed by atoms with E-state index < -0.39 is 0 Å². The van der Waals surface area contributed by atoms with E-state index in [0.29, 0.717) is 0 Å². The average molecular weight is 924 g/mol. The molecule has 0 bridgehead atoms. The first kappa shape index (κ1) is 43.8. The quantitative estimate of drug-likeness (QED) is 0.0957. The summed E-state index contributed by atoms with van der Waals surface area (Å²) in [7, 11) is 0. The zero-order valence-corrected chi connectivity index (χ0v) is 38.6. The van der Waals surface area contributed by atoms with Crippen molar-refractivity contribution in [3.63, 3.8) is 0 Å². The summed E-state index contributed by atoms with van der Waals surface area (Å²) in [5.74, 6) is 0.286. The predicted octanol–water partition coefficient (Wildman–Crippen LogP) is 14.1. The molecule has 6 heteroatoms. The van der Waals surface area contributed by atoms with Crippen LogP contribution in [-0.4, -0.2) is 20.9 Å². The van der Waals surface area contributed by atoms with Crippen molar-refractivity contribution in [1.82, 2.24) is 9.97 Å². The van der Waals surface area contributed by atoms with Crippen molar-refractivity contribution in [1.29, 1.82) is 0 Å².